The van der Waals surface area contributed by atoms with Gasteiger partial charge < -0.3 is 14.9 Å². The summed E-state index contributed by atoms with van der Waals surface area (Å²) in [5.74, 6) is 0. The highest BCUT2D eigenvalue weighted by Crippen LogP contribution is 2.00. The van der Waals surface area contributed by atoms with Crippen molar-refractivity contribution in [2.24, 2.45) is 0 Å². The summed E-state index contributed by atoms with van der Waals surface area (Å²) >= 11 is 0. The molecule has 72 valence electrons. The van der Waals surface area contributed by atoms with E-state index in [-0.39, 0.29) is 0 Å². The van der Waals surface area contributed by atoms with Crippen LogP contribution in [-0.4, -0.2) is 60.2 Å². The molecule has 1 saturated heterocycles. The summed E-state index contributed by atoms with van der Waals surface area (Å²) in [6.45, 7) is 5.30. The number of aliphatic hydroxyl groups excluding tert-OH is 2. The Balaban J connectivity index is 2.20. The first-order chi connectivity index (χ1) is 5.70. The molecule has 2 unspecified atom stereocenters. The average molecular weight is 175 g/mol. The lowest BCUT2D eigenvalue weighted by molar-refractivity contribution is -0.0222. The smallest absolute Gasteiger partial charge is 0.0922 e. The molecule has 0 aliphatic carbocycles. The molecule has 1 rings (SSSR count). The number of ether oxygens (including phenoxy) is 1. The summed E-state index contributed by atoms with van der Waals surface area (Å²) in [5.41, 5.74) is 0. The lowest BCUT2D eigenvalue weighted by Gasteiger charge is -2.29. The minimum Gasteiger partial charge on any atom is -0.391 e. The standard InChI is InChI=1S/C8H17NO3/c1-7(10)8(11)6-9-2-4-12-5-3-9/h7-8,10-11H,2-6H2,1H3. The van der Waals surface area contributed by atoms with Gasteiger partial charge in [0.25, 0.3) is 0 Å². The summed E-state index contributed by atoms with van der Waals surface area (Å²) in [4.78, 5) is 2.10. The minimum absolute atomic E-state index is 0.543. The molecule has 1 aliphatic heterocycles. The third kappa shape index (κ3) is 3.06. The van der Waals surface area contributed by atoms with Crippen LogP contribution in [0.15, 0.2) is 0 Å². The third-order valence-corrected chi connectivity index (χ3v) is 2.11. The van der Waals surface area contributed by atoms with Gasteiger partial charge in [0.15, 0.2) is 0 Å². The van der Waals surface area contributed by atoms with Gasteiger partial charge in [0.2, 0.25) is 0 Å². The molecule has 12 heavy (non-hydrogen) atoms. The van der Waals surface area contributed by atoms with E-state index in [9.17, 15) is 5.11 Å². The maximum atomic E-state index is 9.35. The number of hydrogen-bond acceptors (Lipinski definition) is 4. The molecule has 0 saturated carbocycles. The molecular weight excluding hydrogens is 158 g/mol. The second-order valence-electron chi connectivity index (χ2n) is 3.22. The highest BCUT2D eigenvalue weighted by atomic mass is 16.5. The highest BCUT2D eigenvalue weighted by Gasteiger charge is 2.17. The van der Waals surface area contributed by atoms with E-state index in [0.29, 0.717) is 6.54 Å². The Morgan fingerprint density at radius 3 is 2.42 bits per heavy atom. The van der Waals surface area contributed by atoms with Crippen LogP contribution in [0.4, 0.5) is 0 Å². The van der Waals surface area contributed by atoms with Crippen LogP contribution in [0.25, 0.3) is 0 Å². The molecule has 2 atom stereocenters. The highest BCUT2D eigenvalue weighted by molar-refractivity contribution is 4.70. The lowest BCUT2D eigenvalue weighted by atomic mass is 10.2. The van der Waals surface area contributed by atoms with Crippen molar-refractivity contribution in [1.82, 2.24) is 4.90 Å². The van der Waals surface area contributed by atoms with E-state index in [0.717, 1.165) is 26.3 Å². The number of β-amino-alcohol motifs (C(OH)–C–C–N with tert-alkyl or cyclic N) is 1. The second kappa shape index (κ2) is 4.77. The fraction of sp³-hybridized carbons (Fsp3) is 1.00. The van der Waals surface area contributed by atoms with Crippen molar-refractivity contribution in [2.45, 2.75) is 19.1 Å². The molecule has 1 heterocycles. The van der Waals surface area contributed by atoms with E-state index in [4.69, 9.17) is 9.84 Å². The van der Waals surface area contributed by atoms with Gasteiger partial charge in [-0.15, -0.1) is 0 Å². The van der Waals surface area contributed by atoms with E-state index in [1.807, 2.05) is 0 Å². The van der Waals surface area contributed by atoms with Crippen LogP contribution in [-0.2, 0) is 4.74 Å². The van der Waals surface area contributed by atoms with Crippen molar-refractivity contribution in [3.63, 3.8) is 0 Å². The molecule has 0 aromatic heterocycles. The molecule has 0 bridgehead atoms. The molecule has 0 aromatic carbocycles. The summed E-state index contributed by atoms with van der Waals surface area (Å²) in [7, 11) is 0. The van der Waals surface area contributed by atoms with Crippen molar-refractivity contribution < 1.29 is 14.9 Å². The van der Waals surface area contributed by atoms with Crippen molar-refractivity contribution in [3.05, 3.63) is 0 Å². The Morgan fingerprint density at radius 2 is 1.92 bits per heavy atom. The van der Waals surface area contributed by atoms with Crippen LogP contribution in [0, 0.1) is 0 Å². The monoisotopic (exact) mass is 175 g/mol. The first-order valence-corrected chi connectivity index (χ1v) is 4.36. The van der Waals surface area contributed by atoms with Crippen LogP contribution >= 0.6 is 0 Å². The van der Waals surface area contributed by atoms with E-state index in [2.05, 4.69) is 4.90 Å². The van der Waals surface area contributed by atoms with E-state index in [1.165, 1.54) is 0 Å². The molecule has 0 spiro atoms. The zero-order valence-corrected chi connectivity index (χ0v) is 7.44. The summed E-state index contributed by atoms with van der Waals surface area (Å²) in [6, 6.07) is 0. The zero-order chi connectivity index (χ0) is 8.97. The zero-order valence-electron chi connectivity index (χ0n) is 7.44. The van der Waals surface area contributed by atoms with Crippen molar-refractivity contribution in [1.29, 1.82) is 0 Å². The van der Waals surface area contributed by atoms with Gasteiger partial charge in [-0.1, -0.05) is 0 Å². The molecule has 1 fully saturated rings. The van der Waals surface area contributed by atoms with E-state index in [1.54, 1.807) is 6.92 Å². The first-order valence-electron chi connectivity index (χ1n) is 4.36. The SMILES string of the molecule is CC(O)C(O)CN1CCOCC1. The molecule has 0 amide bonds. The van der Waals surface area contributed by atoms with Gasteiger partial charge in [-0.2, -0.15) is 0 Å². The third-order valence-electron chi connectivity index (χ3n) is 2.11. The number of morpholine rings is 1. The molecule has 2 N–H and O–H groups in total. The van der Waals surface area contributed by atoms with Crippen LogP contribution in [0.3, 0.4) is 0 Å². The first kappa shape index (κ1) is 9.92. The quantitative estimate of drug-likeness (QED) is 0.581. The number of hydrogen-bond donors (Lipinski definition) is 2. The van der Waals surface area contributed by atoms with Gasteiger partial charge in [0, 0.05) is 19.6 Å². The fourth-order valence-electron chi connectivity index (χ4n) is 1.20. The lowest BCUT2D eigenvalue weighted by Crippen LogP contribution is -2.43. The number of nitrogens with zero attached hydrogens (tertiary/aromatic N) is 1. The molecule has 0 aromatic rings. The molecule has 0 radical (unpaired) electrons. The molecular formula is C8H17NO3. The fourth-order valence-corrected chi connectivity index (χ4v) is 1.20. The van der Waals surface area contributed by atoms with Crippen LogP contribution in [0.2, 0.25) is 0 Å². The number of aliphatic hydroxyl groups is 2. The average Bonchev–Trinajstić information content (AvgIpc) is 2.06. The van der Waals surface area contributed by atoms with Gasteiger partial charge in [-0.3, -0.25) is 4.90 Å². The normalized spacial score (nSPS) is 25.2. The predicted octanol–water partition coefficient (Wildman–Crippen LogP) is -0.940. The maximum absolute atomic E-state index is 9.35. The Morgan fingerprint density at radius 1 is 1.33 bits per heavy atom. The van der Waals surface area contributed by atoms with E-state index < -0.39 is 12.2 Å². The van der Waals surface area contributed by atoms with E-state index >= 15 is 0 Å². The van der Waals surface area contributed by atoms with Gasteiger partial charge in [0.05, 0.1) is 25.4 Å². The molecule has 1 aliphatic rings. The maximum Gasteiger partial charge on any atom is 0.0922 e. The Hall–Kier alpha value is -0.160. The van der Waals surface area contributed by atoms with Crippen molar-refractivity contribution >= 4 is 0 Å². The second-order valence-corrected chi connectivity index (χ2v) is 3.22. The Bertz CT molecular complexity index is 123. The Kier molecular flexibility index (Phi) is 3.94. The molecule has 4 heteroatoms. The van der Waals surface area contributed by atoms with Gasteiger partial charge >= 0.3 is 0 Å². The predicted molar refractivity (Wildman–Crippen MR) is 44.9 cm³/mol. The summed E-state index contributed by atoms with van der Waals surface area (Å²) in [6.07, 6.45) is -1.28. The van der Waals surface area contributed by atoms with Crippen LogP contribution < -0.4 is 0 Å². The minimum atomic E-state index is -0.646. The van der Waals surface area contributed by atoms with Crippen LogP contribution in [0.1, 0.15) is 6.92 Å². The van der Waals surface area contributed by atoms with Gasteiger partial charge in [-0.25, -0.2) is 0 Å². The summed E-state index contributed by atoms with van der Waals surface area (Å²) in [5, 5.41) is 18.4. The van der Waals surface area contributed by atoms with Gasteiger partial charge in [0.1, 0.15) is 0 Å². The molecule has 4 nitrogen and oxygen atoms in total. The van der Waals surface area contributed by atoms with Gasteiger partial charge in [-0.05, 0) is 6.92 Å². The van der Waals surface area contributed by atoms with Crippen LogP contribution in [0.5, 0.6) is 0 Å². The van der Waals surface area contributed by atoms with Crippen molar-refractivity contribution in [3.8, 4) is 0 Å². The topological polar surface area (TPSA) is 52.9 Å². The summed E-state index contributed by atoms with van der Waals surface area (Å²) < 4.78 is 5.16. The number of rotatable bonds is 3. The Labute approximate surface area is 72.7 Å². The largest absolute Gasteiger partial charge is 0.391 e. The van der Waals surface area contributed by atoms with Crippen molar-refractivity contribution in [2.75, 3.05) is 32.8 Å².